The predicted octanol–water partition coefficient (Wildman–Crippen LogP) is 3.91. The lowest BCUT2D eigenvalue weighted by Gasteiger charge is -2.08. The number of hydrogen-bond donors (Lipinski definition) is 0. The van der Waals surface area contributed by atoms with Gasteiger partial charge in [0.1, 0.15) is 18.1 Å². The van der Waals surface area contributed by atoms with Gasteiger partial charge in [0, 0.05) is 0 Å². The van der Waals surface area contributed by atoms with Crippen LogP contribution in [0.15, 0.2) is 46.9 Å². The molecule has 0 fully saturated rings. The summed E-state index contributed by atoms with van der Waals surface area (Å²) >= 11 is 3.44. The van der Waals surface area contributed by atoms with E-state index in [4.69, 9.17) is 14.7 Å². The zero-order valence-corrected chi connectivity index (χ0v) is 12.0. The number of rotatable bonds is 4. The van der Waals surface area contributed by atoms with Gasteiger partial charge in [-0.05, 0) is 57.9 Å². The van der Waals surface area contributed by atoms with Crippen LogP contribution in [0.5, 0.6) is 11.5 Å². The molecule has 0 N–H and O–H groups in total. The van der Waals surface area contributed by atoms with Gasteiger partial charge in [-0.3, -0.25) is 0 Å². The van der Waals surface area contributed by atoms with Crippen molar-refractivity contribution >= 4 is 15.9 Å². The minimum Gasteiger partial charge on any atom is -0.496 e. The van der Waals surface area contributed by atoms with Crippen LogP contribution in [0.2, 0.25) is 0 Å². The van der Waals surface area contributed by atoms with Crippen LogP contribution in [0.4, 0.5) is 0 Å². The summed E-state index contributed by atoms with van der Waals surface area (Å²) in [7, 11) is 1.63. The summed E-state index contributed by atoms with van der Waals surface area (Å²) in [5.74, 6) is 1.54. The van der Waals surface area contributed by atoms with Gasteiger partial charge in [-0.15, -0.1) is 0 Å². The number of nitriles is 1. The Morgan fingerprint density at radius 3 is 2.47 bits per heavy atom. The molecule has 0 heterocycles. The Morgan fingerprint density at radius 2 is 1.89 bits per heavy atom. The predicted molar refractivity (Wildman–Crippen MR) is 76.2 cm³/mol. The molecule has 0 unspecified atom stereocenters. The quantitative estimate of drug-likeness (QED) is 0.858. The maximum absolute atomic E-state index is 8.71. The molecule has 0 radical (unpaired) electrons. The van der Waals surface area contributed by atoms with Gasteiger partial charge in [0.05, 0.1) is 23.2 Å². The first kappa shape index (κ1) is 13.4. The first-order valence-corrected chi connectivity index (χ1v) is 6.47. The molecule has 0 saturated carbocycles. The summed E-state index contributed by atoms with van der Waals surface area (Å²) in [5.41, 5.74) is 1.66. The average Bonchev–Trinajstić information content (AvgIpc) is 2.46. The highest BCUT2D eigenvalue weighted by Crippen LogP contribution is 2.26. The lowest BCUT2D eigenvalue weighted by molar-refractivity contribution is 0.306. The first-order chi connectivity index (χ1) is 9.22. The van der Waals surface area contributed by atoms with Crippen LogP contribution in [-0.4, -0.2) is 7.11 Å². The van der Waals surface area contributed by atoms with Crippen LogP contribution >= 0.6 is 15.9 Å². The van der Waals surface area contributed by atoms with Crippen molar-refractivity contribution in [2.75, 3.05) is 7.11 Å². The highest BCUT2D eigenvalue weighted by atomic mass is 79.9. The van der Waals surface area contributed by atoms with Crippen molar-refractivity contribution in [2.45, 2.75) is 6.61 Å². The number of nitrogens with zero attached hydrogens (tertiary/aromatic N) is 1. The van der Waals surface area contributed by atoms with E-state index in [2.05, 4.69) is 22.0 Å². The van der Waals surface area contributed by atoms with Gasteiger partial charge in [0.15, 0.2) is 0 Å². The molecule has 0 spiro atoms. The second-order valence-corrected chi connectivity index (χ2v) is 4.75. The molecule has 0 saturated heterocycles. The molecular formula is C15H12BrNO2. The van der Waals surface area contributed by atoms with Gasteiger partial charge < -0.3 is 9.47 Å². The van der Waals surface area contributed by atoms with Crippen molar-refractivity contribution in [1.82, 2.24) is 0 Å². The lowest BCUT2D eigenvalue weighted by atomic mass is 10.2. The molecule has 2 aromatic rings. The van der Waals surface area contributed by atoms with Gasteiger partial charge in [-0.25, -0.2) is 0 Å². The largest absolute Gasteiger partial charge is 0.496 e. The van der Waals surface area contributed by atoms with Gasteiger partial charge in [-0.2, -0.15) is 5.26 Å². The summed E-state index contributed by atoms with van der Waals surface area (Å²) in [5, 5.41) is 8.71. The minimum absolute atomic E-state index is 0.467. The number of ether oxygens (including phenoxy) is 2. The zero-order valence-electron chi connectivity index (χ0n) is 10.4. The minimum atomic E-state index is 0.467. The monoisotopic (exact) mass is 317 g/mol. The van der Waals surface area contributed by atoms with E-state index >= 15 is 0 Å². The summed E-state index contributed by atoms with van der Waals surface area (Å²) in [6, 6.07) is 14.9. The average molecular weight is 318 g/mol. The van der Waals surface area contributed by atoms with Crippen LogP contribution in [0.3, 0.4) is 0 Å². The molecule has 4 heteroatoms. The Labute approximate surface area is 120 Å². The third-order valence-corrected chi connectivity index (χ3v) is 3.22. The van der Waals surface area contributed by atoms with E-state index in [0.29, 0.717) is 12.2 Å². The lowest BCUT2D eigenvalue weighted by Crippen LogP contribution is -1.96. The Kier molecular flexibility index (Phi) is 4.43. The smallest absolute Gasteiger partial charge is 0.133 e. The Morgan fingerprint density at radius 1 is 1.16 bits per heavy atom. The molecule has 96 valence electrons. The summed E-state index contributed by atoms with van der Waals surface area (Å²) < 4.78 is 11.7. The molecule has 0 amide bonds. The molecule has 3 nitrogen and oxygen atoms in total. The fourth-order valence-electron chi connectivity index (χ4n) is 1.59. The summed E-state index contributed by atoms with van der Waals surface area (Å²) in [6.45, 7) is 0.467. The molecule has 19 heavy (non-hydrogen) atoms. The zero-order chi connectivity index (χ0) is 13.7. The molecular weight excluding hydrogens is 306 g/mol. The van der Waals surface area contributed by atoms with Crippen molar-refractivity contribution in [1.29, 1.82) is 5.26 Å². The fourth-order valence-corrected chi connectivity index (χ4v) is 2.18. The van der Waals surface area contributed by atoms with Gasteiger partial charge >= 0.3 is 0 Å². The second kappa shape index (κ2) is 6.26. The van der Waals surface area contributed by atoms with Gasteiger partial charge in [0.25, 0.3) is 0 Å². The van der Waals surface area contributed by atoms with Crippen molar-refractivity contribution in [2.24, 2.45) is 0 Å². The molecule has 0 atom stereocenters. The summed E-state index contributed by atoms with van der Waals surface area (Å²) in [4.78, 5) is 0. The second-order valence-electron chi connectivity index (χ2n) is 3.89. The van der Waals surface area contributed by atoms with E-state index in [-0.39, 0.29) is 0 Å². The maximum Gasteiger partial charge on any atom is 0.133 e. The molecule has 0 aliphatic heterocycles. The third-order valence-electron chi connectivity index (χ3n) is 2.61. The Balaban J connectivity index is 2.02. The number of hydrogen-bond acceptors (Lipinski definition) is 3. The van der Waals surface area contributed by atoms with E-state index < -0.39 is 0 Å². The Bertz CT molecular complexity index is 603. The highest BCUT2D eigenvalue weighted by molar-refractivity contribution is 9.10. The standard InChI is InChI=1S/C15H12BrNO2/c1-18-15-7-4-12(8-14(15)16)10-19-13-5-2-11(9-17)3-6-13/h2-8H,10H2,1H3. The maximum atomic E-state index is 8.71. The van der Waals surface area contributed by atoms with E-state index in [1.54, 1.807) is 31.4 Å². The van der Waals surface area contributed by atoms with Crippen LogP contribution in [0, 0.1) is 11.3 Å². The van der Waals surface area contributed by atoms with Gasteiger partial charge in [-0.1, -0.05) is 6.07 Å². The molecule has 0 bridgehead atoms. The van der Waals surface area contributed by atoms with Crippen LogP contribution in [0.25, 0.3) is 0 Å². The van der Waals surface area contributed by atoms with E-state index in [1.807, 2.05) is 18.2 Å². The summed E-state index contributed by atoms with van der Waals surface area (Å²) in [6.07, 6.45) is 0. The molecule has 0 aromatic heterocycles. The fraction of sp³-hybridized carbons (Fsp3) is 0.133. The van der Waals surface area contributed by atoms with Crippen molar-refractivity contribution < 1.29 is 9.47 Å². The molecule has 0 aliphatic rings. The van der Waals surface area contributed by atoms with Crippen molar-refractivity contribution in [3.05, 3.63) is 58.1 Å². The SMILES string of the molecule is COc1ccc(COc2ccc(C#N)cc2)cc1Br. The molecule has 2 aromatic carbocycles. The van der Waals surface area contributed by atoms with Crippen LogP contribution in [0.1, 0.15) is 11.1 Å². The van der Waals surface area contributed by atoms with Crippen LogP contribution < -0.4 is 9.47 Å². The third kappa shape index (κ3) is 3.49. The number of methoxy groups -OCH3 is 1. The van der Waals surface area contributed by atoms with E-state index in [0.717, 1.165) is 21.5 Å². The van der Waals surface area contributed by atoms with Gasteiger partial charge in [0.2, 0.25) is 0 Å². The Hall–Kier alpha value is -1.99. The normalized spacial score (nSPS) is 9.74. The first-order valence-electron chi connectivity index (χ1n) is 5.68. The number of benzene rings is 2. The molecule has 2 rings (SSSR count). The topological polar surface area (TPSA) is 42.2 Å². The van der Waals surface area contributed by atoms with Crippen molar-refractivity contribution in [3.63, 3.8) is 0 Å². The highest BCUT2D eigenvalue weighted by Gasteiger charge is 2.02. The van der Waals surface area contributed by atoms with E-state index in [1.165, 1.54) is 0 Å². The van der Waals surface area contributed by atoms with Crippen LogP contribution in [-0.2, 0) is 6.61 Å². The number of halogens is 1. The van der Waals surface area contributed by atoms with Crippen molar-refractivity contribution in [3.8, 4) is 17.6 Å². The molecule has 0 aliphatic carbocycles. The van der Waals surface area contributed by atoms with E-state index in [9.17, 15) is 0 Å².